The molecule has 0 aromatic carbocycles. The summed E-state index contributed by atoms with van der Waals surface area (Å²) in [6.07, 6.45) is 3.30. The smallest absolute Gasteiger partial charge is 0.0297 e. The minimum Gasteiger partial charge on any atom is -0.303 e. The van der Waals surface area contributed by atoms with Gasteiger partial charge in [0, 0.05) is 6.04 Å². The van der Waals surface area contributed by atoms with E-state index in [0.717, 1.165) is 5.92 Å². The monoisotopic (exact) mass is 169 g/mol. The summed E-state index contributed by atoms with van der Waals surface area (Å²) in [6.45, 7) is 10.7. The highest BCUT2D eigenvalue weighted by Crippen LogP contribution is 2.21. The van der Waals surface area contributed by atoms with Gasteiger partial charge >= 0.3 is 0 Å². The first kappa shape index (κ1) is 11.7. The summed E-state index contributed by atoms with van der Waals surface area (Å²) in [7, 11) is 4.23. The summed E-state index contributed by atoms with van der Waals surface area (Å²) in [5, 5.41) is 0. The minimum absolute atomic E-state index is 0.514. The third-order valence-corrected chi connectivity index (χ3v) is 2.92. The van der Waals surface area contributed by atoms with Gasteiger partial charge in [-0.1, -0.05) is 33.3 Å². The van der Waals surface area contributed by atoms with Crippen molar-refractivity contribution in [1.82, 2.24) is 4.90 Å². The molecule has 0 N–H and O–H groups in total. The van der Waals surface area contributed by atoms with Crippen molar-refractivity contribution in [2.45, 2.75) is 33.2 Å². The van der Waals surface area contributed by atoms with E-state index in [9.17, 15) is 0 Å². The highest BCUT2D eigenvalue weighted by molar-refractivity contribution is 4.90. The zero-order valence-corrected chi connectivity index (χ0v) is 9.17. The van der Waals surface area contributed by atoms with E-state index in [-0.39, 0.29) is 0 Å². The lowest BCUT2D eigenvalue weighted by molar-refractivity contribution is 0.212. The van der Waals surface area contributed by atoms with Gasteiger partial charge < -0.3 is 4.90 Å². The van der Waals surface area contributed by atoms with E-state index in [1.165, 1.54) is 6.42 Å². The highest BCUT2D eigenvalue weighted by atomic mass is 15.1. The second-order valence-electron chi connectivity index (χ2n) is 3.93. The van der Waals surface area contributed by atoms with Crippen LogP contribution in [0.25, 0.3) is 0 Å². The third kappa shape index (κ3) is 2.98. The van der Waals surface area contributed by atoms with Crippen LogP contribution >= 0.6 is 0 Å². The van der Waals surface area contributed by atoms with E-state index in [1.54, 1.807) is 0 Å². The normalized spacial score (nSPS) is 18.8. The van der Waals surface area contributed by atoms with E-state index < -0.39 is 0 Å². The second-order valence-corrected chi connectivity index (χ2v) is 3.93. The Hall–Kier alpha value is -0.300. The molecule has 0 saturated carbocycles. The molecule has 12 heavy (non-hydrogen) atoms. The van der Waals surface area contributed by atoms with Crippen LogP contribution < -0.4 is 0 Å². The maximum atomic E-state index is 3.88. The number of nitrogens with zero attached hydrogens (tertiary/aromatic N) is 1. The molecule has 0 radical (unpaired) electrons. The Balaban J connectivity index is 4.20. The SMILES string of the molecule is C=CC(C(C)C(C)CC)N(C)C. The first-order valence-electron chi connectivity index (χ1n) is 4.83. The van der Waals surface area contributed by atoms with E-state index in [4.69, 9.17) is 0 Å². The first-order chi connectivity index (χ1) is 5.54. The van der Waals surface area contributed by atoms with Crippen molar-refractivity contribution in [3.8, 4) is 0 Å². The van der Waals surface area contributed by atoms with Crippen molar-refractivity contribution in [1.29, 1.82) is 0 Å². The Morgan fingerprint density at radius 3 is 2.08 bits per heavy atom. The summed E-state index contributed by atoms with van der Waals surface area (Å²) in [5.74, 6) is 1.47. The predicted molar refractivity (Wildman–Crippen MR) is 56.3 cm³/mol. The van der Waals surface area contributed by atoms with E-state index in [2.05, 4.69) is 52.4 Å². The van der Waals surface area contributed by atoms with Crippen LogP contribution in [0.5, 0.6) is 0 Å². The van der Waals surface area contributed by atoms with E-state index in [0.29, 0.717) is 12.0 Å². The van der Waals surface area contributed by atoms with Crippen LogP contribution in [0.4, 0.5) is 0 Å². The van der Waals surface area contributed by atoms with Crippen LogP contribution in [0.2, 0.25) is 0 Å². The van der Waals surface area contributed by atoms with Gasteiger partial charge in [0.15, 0.2) is 0 Å². The van der Waals surface area contributed by atoms with Gasteiger partial charge in [0.2, 0.25) is 0 Å². The van der Waals surface area contributed by atoms with Crippen LogP contribution in [0.15, 0.2) is 12.7 Å². The molecular formula is C11H23N. The fourth-order valence-corrected chi connectivity index (χ4v) is 1.60. The predicted octanol–water partition coefficient (Wildman–Crippen LogP) is 2.78. The number of likely N-dealkylation sites (N-methyl/N-ethyl adjacent to an activating group) is 1. The van der Waals surface area contributed by atoms with Crippen molar-refractivity contribution < 1.29 is 0 Å². The van der Waals surface area contributed by atoms with Crippen molar-refractivity contribution in [2.24, 2.45) is 11.8 Å². The summed E-state index contributed by atoms with van der Waals surface area (Å²) < 4.78 is 0. The van der Waals surface area contributed by atoms with Gasteiger partial charge in [0.1, 0.15) is 0 Å². The Kier molecular flexibility index (Phi) is 5.23. The average molecular weight is 169 g/mol. The standard InChI is InChI=1S/C11H23N/c1-7-9(3)10(4)11(8-2)12(5)6/h8-11H,2,7H2,1,3-6H3. The lowest BCUT2D eigenvalue weighted by Crippen LogP contribution is -2.34. The maximum absolute atomic E-state index is 3.88. The van der Waals surface area contributed by atoms with Gasteiger partial charge in [-0.25, -0.2) is 0 Å². The molecular weight excluding hydrogens is 146 g/mol. The van der Waals surface area contributed by atoms with Gasteiger partial charge in [-0.15, -0.1) is 6.58 Å². The molecule has 0 spiro atoms. The molecule has 1 heteroatoms. The fourth-order valence-electron chi connectivity index (χ4n) is 1.60. The summed E-state index contributed by atoms with van der Waals surface area (Å²) in [6, 6.07) is 0.514. The minimum atomic E-state index is 0.514. The molecule has 0 aromatic heterocycles. The summed E-state index contributed by atoms with van der Waals surface area (Å²) in [5.41, 5.74) is 0. The molecule has 0 aliphatic rings. The average Bonchev–Trinajstić information content (AvgIpc) is 2.03. The van der Waals surface area contributed by atoms with E-state index in [1.807, 2.05) is 0 Å². The molecule has 0 aromatic rings. The van der Waals surface area contributed by atoms with Crippen molar-refractivity contribution in [3.05, 3.63) is 12.7 Å². The van der Waals surface area contributed by atoms with Gasteiger partial charge in [-0.2, -0.15) is 0 Å². The number of rotatable bonds is 5. The largest absolute Gasteiger partial charge is 0.303 e. The third-order valence-electron chi connectivity index (χ3n) is 2.92. The molecule has 0 saturated heterocycles. The first-order valence-corrected chi connectivity index (χ1v) is 4.83. The molecule has 3 unspecified atom stereocenters. The molecule has 0 rings (SSSR count). The zero-order chi connectivity index (χ0) is 9.72. The van der Waals surface area contributed by atoms with Crippen LogP contribution in [-0.2, 0) is 0 Å². The Bertz CT molecular complexity index is 129. The Morgan fingerprint density at radius 1 is 1.33 bits per heavy atom. The van der Waals surface area contributed by atoms with Crippen LogP contribution in [-0.4, -0.2) is 25.0 Å². The van der Waals surface area contributed by atoms with Crippen molar-refractivity contribution >= 4 is 0 Å². The molecule has 0 aliphatic heterocycles. The van der Waals surface area contributed by atoms with Gasteiger partial charge in [0.25, 0.3) is 0 Å². The van der Waals surface area contributed by atoms with Gasteiger partial charge in [0.05, 0.1) is 0 Å². The summed E-state index contributed by atoms with van der Waals surface area (Å²) in [4.78, 5) is 2.24. The quantitative estimate of drug-likeness (QED) is 0.572. The van der Waals surface area contributed by atoms with Crippen LogP contribution in [0.3, 0.4) is 0 Å². The number of hydrogen-bond donors (Lipinski definition) is 0. The van der Waals surface area contributed by atoms with Crippen LogP contribution in [0, 0.1) is 11.8 Å². The highest BCUT2D eigenvalue weighted by Gasteiger charge is 2.20. The van der Waals surface area contributed by atoms with E-state index >= 15 is 0 Å². The second kappa shape index (κ2) is 5.36. The Labute approximate surface area is 77.5 Å². The maximum Gasteiger partial charge on any atom is 0.0297 e. The molecule has 0 bridgehead atoms. The number of hydrogen-bond acceptors (Lipinski definition) is 1. The molecule has 0 fully saturated rings. The molecule has 0 aliphatic carbocycles. The summed E-state index contributed by atoms with van der Waals surface area (Å²) >= 11 is 0. The molecule has 0 amide bonds. The molecule has 0 heterocycles. The molecule has 72 valence electrons. The van der Waals surface area contributed by atoms with Crippen molar-refractivity contribution in [2.75, 3.05) is 14.1 Å². The molecule has 1 nitrogen and oxygen atoms in total. The van der Waals surface area contributed by atoms with Gasteiger partial charge in [-0.3, -0.25) is 0 Å². The molecule has 3 atom stereocenters. The zero-order valence-electron chi connectivity index (χ0n) is 9.17. The topological polar surface area (TPSA) is 3.24 Å². The van der Waals surface area contributed by atoms with Crippen molar-refractivity contribution in [3.63, 3.8) is 0 Å². The fraction of sp³-hybridized carbons (Fsp3) is 0.818. The van der Waals surface area contributed by atoms with Gasteiger partial charge in [-0.05, 0) is 25.9 Å². The Morgan fingerprint density at radius 2 is 1.83 bits per heavy atom. The van der Waals surface area contributed by atoms with Crippen LogP contribution in [0.1, 0.15) is 27.2 Å². The lowest BCUT2D eigenvalue weighted by Gasteiger charge is -2.30. The lowest BCUT2D eigenvalue weighted by atomic mass is 9.86.